The van der Waals surface area contributed by atoms with E-state index in [1.165, 1.54) is 12.8 Å². The molecule has 2 N–H and O–H groups in total. The van der Waals surface area contributed by atoms with Gasteiger partial charge in [-0.3, -0.25) is 9.69 Å². The molecule has 2 atom stereocenters. The van der Waals surface area contributed by atoms with Crippen LogP contribution in [0.15, 0.2) is 0 Å². The zero-order valence-corrected chi connectivity index (χ0v) is 13.0. The number of aliphatic carboxylic acids is 1. The first-order chi connectivity index (χ1) is 9.99. The predicted molar refractivity (Wildman–Crippen MR) is 80.2 cm³/mol. The molecule has 21 heavy (non-hydrogen) atoms. The fourth-order valence-corrected chi connectivity index (χ4v) is 3.47. The summed E-state index contributed by atoms with van der Waals surface area (Å²) in [5.74, 6) is -0.868. The third-order valence-electron chi connectivity index (χ3n) is 4.62. The van der Waals surface area contributed by atoms with E-state index in [2.05, 4.69) is 10.2 Å². The van der Waals surface area contributed by atoms with Crippen molar-refractivity contribution in [2.75, 3.05) is 19.6 Å². The van der Waals surface area contributed by atoms with Crippen molar-refractivity contribution < 1.29 is 14.7 Å². The van der Waals surface area contributed by atoms with Crippen LogP contribution in [0, 0.1) is 0 Å². The number of nitrogens with zero attached hydrogens (tertiary/aromatic N) is 2. The van der Waals surface area contributed by atoms with E-state index in [0.717, 1.165) is 25.9 Å². The topological polar surface area (TPSA) is 72.9 Å². The van der Waals surface area contributed by atoms with Gasteiger partial charge in [-0.05, 0) is 39.7 Å². The van der Waals surface area contributed by atoms with Gasteiger partial charge in [-0.25, -0.2) is 4.79 Å². The summed E-state index contributed by atoms with van der Waals surface area (Å²) in [4.78, 5) is 27.2. The van der Waals surface area contributed by atoms with Crippen LogP contribution in [0.5, 0.6) is 0 Å². The van der Waals surface area contributed by atoms with Crippen molar-refractivity contribution in [1.29, 1.82) is 0 Å². The van der Waals surface area contributed by atoms with Crippen molar-refractivity contribution in [3.05, 3.63) is 0 Å². The lowest BCUT2D eigenvalue weighted by Crippen LogP contribution is -2.52. The first-order valence-electron chi connectivity index (χ1n) is 8.02. The van der Waals surface area contributed by atoms with Gasteiger partial charge in [-0.2, -0.15) is 0 Å². The normalized spacial score (nSPS) is 25.7. The number of carbonyl (C=O) groups excluding carboxylic acids is 1. The molecular weight excluding hydrogens is 270 g/mol. The van der Waals surface area contributed by atoms with Crippen LogP contribution in [0.1, 0.15) is 46.0 Å². The Labute approximate surface area is 126 Å². The number of carboxylic acids is 1. The van der Waals surface area contributed by atoms with Gasteiger partial charge in [-0.15, -0.1) is 0 Å². The highest BCUT2D eigenvalue weighted by molar-refractivity contribution is 5.76. The lowest BCUT2D eigenvalue weighted by molar-refractivity contribution is -0.137. The second kappa shape index (κ2) is 7.11. The van der Waals surface area contributed by atoms with Gasteiger partial charge in [-0.1, -0.05) is 6.42 Å². The molecule has 2 saturated heterocycles. The summed E-state index contributed by atoms with van der Waals surface area (Å²) in [5, 5.41) is 11.9. The zero-order valence-electron chi connectivity index (χ0n) is 13.0. The minimum atomic E-state index is -0.868. The average molecular weight is 297 g/mol. The van der Waals surface area contributed by atoms with Crippen LogP contribution in [0.3, 0.4) is 0 Å². The predicted octanol–water partition coefficient (Wildman–Crippen LogP) is 1.51. The number of piperidine rings is 1. The van der Waals surface area contributed by atoms with Crippen LogP contribution in [0.25, 0.3) is 0 Å². The second-order valence-corrected chi connectivity index (χ2v) is 6.37. The summed E-state index contributed by atoms with van der Waals surface area (Å²) in [5.41, 5.74) is 0. The monoisotopic (exact) mass is 297 g/mol. The van der Waals surface area contributed by atoms with Crippen LogP contribution in [-0.2, 0) is 4.79 Å². The van der Waals surface area contributed by atoms with Crippen molar-refractivity contribution in [3.8, 4) is 0 Å². The van der Waals surface area contributed by atoms with Crippen molar-refractivity contribution in [2.45, 2.75) is 64.1 Å². The Kier molecular flexibility index (Phi) is 5.45. The van der Waals surface area contributed by atoms with E-state index in [9.17, 15) is 9.59 Å². The maximum atomic E-state index is 12.4. The van der Waals surface area contributed by atoms with Crippen LogP contribution < -0.4 is 5.32 Å². The van der Waals surface area contributed by atoms with Gasteiger partial charge in [0.1, 0.15) is 0 Å². The molecule has 0 spiro atoms. The average Bonchev–Trinajstić information content (AvgIpc) is 2.82. The summed E-state index contributed by atoms with van der Waals surface area (Å²) in [6, 6.07) is 0.567. The number of urea groups is 1. The van der Waals surface area contributed by atoms with E-state index in [-0.39, 0.29) is 31.1 Å². The standard InChI is InChI=1S/C15H27N3O3/c1-11(2)18(10-7-14(19)20)15(21)16-12-6-9-17-8-4-3-5-13(12)17/h11-13H,3-10H2,1-2H3,(H,16,21)(H,19,20). The molecule has 2 amide bonds. The molecule has 2 fully saturated rings. The highest BCUT2D eigenvalue weighted by Crippen LogP contribution is 2.27. The van der Waals surface area contributed by atoms with E-state index in [1.54, 1.807) is 4.90 Å². The van der Waals surface area contributed by atoms with Crippen molar-refractivity contribution >= 4 is 12.0 Å². The summed E-state index contributed by atoms with van der Waals surface area (Å²) >= 11 is 0. The van der Waals surface area contributed by atoms with Crippen LogP contribution in [0.2, 0.25) is 0 Å². The Morgan fingerprint density at radius 3 is 2.71 bits per heavy atom. The highest BCUT2D eigenvalue weighted by Gasteiger charge is 2.37. The van der Waals surface area contributed by atoms with Gasteiger partial charge >= 0.3 is 12.0 Å². The summed E-state index contributed by atoms with van der Waals surface area (Å²) in [6.45, 7) is 6.31. The maximum absolute atomic E-state index is 12.4. The summed E-state index contributed by atoms with van der Waals surface area (Å²) in [7, 11) is 0. The first kappa shape index (κ1) is 16.1. The van der Waals surface area contributed by atoms with Crippen LogP contribution >= 0.6 is 0 Å². The molecule has 2 heterocycles. The molecular formula is C15H27N3O3. The molecule has 2 rings (SSSR count). The zero-order chi connectivity index (χ0) is 15.4. The number of hydrogen-bond donors (Lipinski definition) is 2. The maximum Gasteiger partial charge on any atom is 0.317 e. The minimum absolute atomic E-state index is 0.00760. The number of carbonyl (C=O) groups is 2. The van der Waals surface area contributed by atoms with E-state index in [4.69, 9.17) is 5.11 Å². The van der Waals surface area contributed by atoms with Gasteiger partial charge in [0.2, 0.25) is 0 Å². The molecule has 120 valence electrons. The number of fused-ring (bicyclic) bond motifs is 1. The van der Waals surface area contributed by atoms with Gasteiger partial charge in [0.25, 0.3) is 0 Å². The molecule has 0 aromatic carbocycles. The Hall–Kier alpha value is -1.30. The molecule has 0 aromatic heterocycles. The smallest absolute Gasteiger partial charge is 0.317 e. The van der Waals surface area contributed by atoms with Crippen LogP contribution in [-0.4, -0.2) is 64.7 Å². The molecule has 2 aliphatic heterocycles. The lowest BCUT2D eigenvalue weighted by Gasteiger charge is -2.34. The SMILES string of the molecule is CC(C)N(CCC(=O)O)C(=O)NC1CCN2CCCCC12. The van der Waals surface area contributed by atoms with E-state index in [1.807, 2.05) is 13.8 Å². The third kappa shape index (κ3) is 4.09. The number of hydrogen-bond acceptors (Lipinski definition) is 3. The fraction of sp³-hybridized carbons (Fsp3) is 0.867. The summed E-state index contributed by atoms with van der Waals surface area (Å²) < 4.78 is 0. The first-order valence-corrected chi connectivity index (χ1v) is 8.02. The molecule has 0 aliphatic carbocycles. The van der Waals surface area contributed by atoms with Gasteiger partial charge in [0, 0.05) is 31.2 Å². The Bertz CT molecular complexity index is 386. The molecule has 2 aliphatic rings. The minimum Gasteiger partial charge on any atom is -0.481 e. The summed E-state index contributed by atoms with van der Waals surface area (Å²) in [6.07, 6.45) is 4.64. The van der Waals surface area contributed by atoms with E-state index >= 15 is 0 Å². The Morgan fingerprint density at radius 1 is 1.29 bits per heavy atom. The Morgan fingerprint density at radius 2 is 2.05 bits per heavy atom. The van der Waals surface area contributed by atoms with Gasteiger partial charge in [0.15, 0.2) is 0 Å². The van der Waals surface area contributed by atoms with Gasteiger partial charge in [0.05, 0.1) is 6.42 Å². The second-order valence-electron chi connectivity index (χ2n) is 6.37. The molecule has 0 saturated carbocycles. The molecule has 0 bridgehead atoms. The molecule has 0 aromatic rings. The van der Waals surface area contributed by atoms with Crippen molar-refractivity contribution in [2.24, 2.45) is 0 Å². The molecule has 6 heteroatoms. The third-order valence-corrected chi connectivity index (χ3v) is 4.62. The van der Waals surface area contributed by atoms with E-state index < -0.39 is 5.97 Å². The quantitative estimate of drug-likeness (QED) is 0.807. The highest BCUT2D eigenvalue weighted by atomic mass is 16.4. The molecule has 6 nitrogen and oxygen atoms in total. The lowest BCUT2D eigenvalue weighted by atomic mass is 9.99. The largest absolute Gasteiger partial charge is 0.481 e. The van der Waals surface area contributed by atoms with Crippen LogP contribution in [0.4, 0.5) is 4.79 Å². The number of rotatable bonds is 5. The van der Waals surface area contributed by atoms with Gasteiger partial charge < -0.3 is 15.3 Å². The molecule has 2 unspecified atom stereocenters. The Balaban J connectivity index is 1.90. The number of nitrogens with one attached hydrogen (secondary N) is 1. The van der Waals surface area contributed by atoms with Crippen molar-refractivity contribution in [3.63, 3.8) is 0 Å². The van der Waals surface area contributed by atoms with Crippen molar-refractivity contribution in [1.82, 2.24) is 15.1 Å². The fourth-order valence-electron chi connectivity index (χ4n) is 3.47. The van der Waals surface area contributed by atoms with E-state index in [0.29, 0.717) is 6.04 Å². The number of amides is 2. The number of carboxylic acid groups (broad SMARTS) is 1. The molecule has 0 radical (unpaired) electrons.